The lowest BCUT2D eigenvalue weighted by Gasteiger charge is -2.34. The van der Waals surface area contributed by atoms with Crippen LogP contribution in [0.3, 0.4) is 0 Å². The van der Waals surface area contributed by atoms with Gasteiger partial charge in [0.05, 0.1) is 12.5 Å². The van der Waals surface area contributed by atoms with Gasteiger partial charge in [-0.3, -0.25) is 14.5 Å². The van der Waals surface area contributed by atoms with E-state index in [2.05, 4.69) is 27.7 Å². The molecule has 0 aliphatic carbocycles. The smallest absolute Gasteiger partial charge is 0.237 e. The summed E-state index contributed by atoms with van der Waals surface area (Å²) in [7, 11) is 1.60. The van der Waals surface area contributed by atoms with E-state index in [-0.39, 0.29) is 24.3 Å². The predicted molar refractivity (Wildman–Crippen MR) is 81.8 cm³/mol. The third-order valence-corrected chi connectivity index (χ3v) is 3.85. The van der Waals surface area contributed by atoms with Crippen molar-refractivity contribution in [3.63, 3.8) is 0 Å². The van der Waals surface area contributed by atoms with Crippen LogP contribution in [-0.2, 0) is 16.0 Å². The predicted octanol–water partition coefficient (Wildman–Crippen LogP) is 0.556. The number of hydrogen-bond acceptors (Lipinski definition) is 3. The van der Waals surface area contributed by atoms with Crippen molar-refractivity contribution in [2.75, 3.05) is 26.7 Å². The summed E-state index contributed by atoms with van der Waals surface area (Å²) in [5.74, 6) is -0.130. The molecule has 0 spiro atoms. The van der Waals surface area contributed by atoms with Crippen molar-refractivity contribution < 1.29 is 9.59 Å². The molecule has 5 nitrogen and oxygen atoms in total. The van der Waals surface area contributed by atoms with Crippen LogP contribution in [0.4, 0.5) is 0 Å². The van der Waals surface area contributed by atoms with Crippen LogP contribution in [0.2, 0.25) is 0 Å². The molecule has 0 aromatic heterocycles. The Labute approximate surface area is 125 Å². The minimum Gasteiger partial charge on any atom is -0.359 e. The fraction of sp³-hybridized carbons (Fsp3) is 0.500. The third kappa shape index (κ3) is 4.56. The van der Waals surface area contributed by atoms with E-state index in [1.807, 2.05) is 18.2 Å². The molecular weight excluding hydrogens is 266 g/mol. The Morgan fingerprint density at radius 1 is 1.38 bits per heavy atom. The number of rotatable bonds is 6. The van der Waals surface area contributed by atoms with Gasteiger partial charge in [-0.15, -0.1) is 0 Å². The maximum Gasteiger partial charge on any atom is 0.237 e. The molecule has 1 unspecified atom stereocenters. The largest absolute Gasteiger partial charge is 0.359 e. The van der Waals surface area contributed by atoms with Crippen molar-refractivity contribution in [2.45, 2.75) is 25.3 Å². The molecule has 1 atom stereocenters. The van der Waals surface area contributed by atoms with E-state index in [1.165, 1.54) is 5.56 Å². The molecule has 1 aromatic carbocycles. The fourth-order valence-electron chi connectivity index (χ4n) is 2.66. The van der Waals surface area contributed by atoms with Gasteiger partial charge in [-0.2, -0.15) is 0 Å². The number of benzene rings is 1. The lowest BCUT2D eigenvalue weighted by Crippen LogP contribution is -2.56. The van der Waals surface area contributed by atoms with Gasteiger partial charge in [0.15, 0.2) is 0 Å². The molecule has 1 fully saturated rings. The van der Waals surface area contributed by atoms with Crippen molar-refractivity contribution in [3.05, 3.63) is 35.9 Å². The van der Waals surface area contributed by atoms with Gasteiger partial charge in [-0.1, -0.05) is 30.3 Å². The topological polar surface area (TPSA) is 61.4 Å². The average molecular weight is 289 g/mol. The molecule has 2 rings (SSSR count). The van der Waals surface area contributed by atoms with E-state index in [4.69, 9.17) is 0 Å². The van der Waals surface area contributed by atoms with E-state index < -0.39 is 0 Å². The van der Waals surface area contributed by atoms with Gasteiger partial charge in [-0.05, 0) is 24.9 Å². The molecule has 1 aliphatic heterocycles. The van der Waals surface area contributed by atoms with Gasteiger partial charge in [-0.25, -0.2) is 0 Å². The van der Waals surface area contributed by atoms with Crippen LogP contribution >= 0.6 is 0 Å². The molecule has 1 saturated heterocycles. The molecule has 1 aromatic rings. The first-order valence-corrected chi connectivity index (χ1v) is 7.47. The summed E-state index contributed by atoms with van der Waals surface area (Å²) in [6, 6.07) is 9.98. The Balaban J connectivity index is 1.86. The van der Waals surface area contributed by atoms with Crippen LogP contribution in [0, 0.1) is 0 Å². The van der Waals surface area contributed by atoms with E-state index in [0.717, 1.165) is 25.9 Å². The quantitative estimate of drug-likeness (QED) is 0.804. The van der Waals surface area contributed by atoms with Crippen LogP contribution in [0.5, 0.6) is 0 Å². The average Bonchev–Trinajstić information content (AvgIpc) is 2.51. The van der Waals surface area contributed by atoms with E-state index in [0.29, 0.717) is 6.54 Å². The van der Waals surface area contributed by atoms with Gasteiger partial charge in [0, 0.05) is 20.1 Å². The first-order valence-electron chi connectivity index (χ1n) is 7.47. The first-order chi connectivity index (χ1) is 10.2. The van der Waals surface area contributed by atoms with Crippen molar-refractivity contribution in [2.24, 2.45) is 0 Å². The van der Waals surface area contributed by atoms with Crippen LogP contribution < -0.4 is 10.6 Å². The number of aryl methyl sites for hydroxylation is 1. The Kier molecular flexibility index (Phi) is 5.75. The Morgan fingerprint density at radius 2 is 2.14 bits per heavy atom. The maximum absolute atomic E-state index is 12.0. The molecule has 2 amide bonds. The molecule has 5 heteroatoms. The number of hydrogen-bond donors (Lipinski definition) is 2. The number of nitrogens with one attached hydrogen (secondary N) is 2. The second-order valence-electron chi connectivity index (χ2n) is 5.31. The molecule has 0 saturated carbocycles. The SMILES string of the molecule is CNC(=O)CC1C(=O)NCCN1CCCc1ccccc1. The fourth-order valence-corrected chi connectivity index (χ4v) is 2.66. The zero-order valence-corrected chi connectivity index (χ0v) is 12.5. The maximum atomic E-state index is 12.0. The molecule has 21 heavy (non-hydrogen) atoms. The molecule has 1 heterocycles. The van der Waals surface area contributed by atoms with Crippen LogP contribution in [0.15, 0.2) is 30.3 Å². The van der Waals surface area contributed by atoms with Crippen LogP contribution in [0.25, 0.3) is 0 Å². The molecule has 2 N–H and O–H groups in total. The van der Waals surface area contributed by atoms with E-state index in [1.54, 1.807) is 7.05 Å². The molecule has 1 aliphatic rings. The summed E-state index contributed by atoms with van der Waals surface area (Å²) in [5.41, 5.74) is 1.31. The van der Waals surface area contributed by atoms with Gasteiger partial charge < -0.3 is 10.6 Å². The minimum absolute atomic E-state index is 0.0374. The zero-order chi connectivity index (χ0) is 15.1. The van der Waals surface area contributed by atoms with Crippen LogP contribution in [-0.4, -0.2) is 49.4 Å². The standard InChI is InChI=1S/C16H23N3O2/c1-17-15(20)12-14-16(21)18-9-11-19(14)10-5-8-13-6-3-2-4-7-13/h2-4,6-7,14H,5,8-12H2,1H3,(H,17,20)(H,18,21). The van der Waals surface area contributed by atoms with E-state index >= 15 is 0 Å². The Hall–Kier alpha value is -1.88. The Bertz CT molecular complexity index is 476. The minimum atomic E-state index is -0.338. The Morgan fingerprint density at radius 3 is 2.86 bits per heavy atom. The second-order valence-corrected chi connectivity index (χ2v) is 5.31. The summed E-state index contributed by atoms with van der Waals surface area (Å²) < 4.78 is 0. The highest BCUT2D eigenvalue weighted by Crippen LogP contribution is 2.11. The summed E-state index contributed by atoms with van der Waals surface area (Å²) in [5, 5.41) is 5.43. The van der Waals surface area contributed by atoms with E-state index in [9.17, 15) is 9.59 Å². The van der Waals surface area contributed by atoms with Gasteiger partial charge in [0.2, 0.25) is 11.8 Å². The monoisotopic (exact) mass is 289 g/mol. The second kappa shape index (κ2) is 7.78. The van der Waals surface area contributed by atoms with Gasteiger partial charge in [0.1, 0.15) is 0 Å². The number of nitrogens with zero attached hydrogens (tertiary/aromatic N) is 1. The third-order valence-electron chi connectivity index (χ3n) is 3.85. The zero-order valence-electron chi connectivity index (χ0n) is 12.5. The number of carbonyl (C=O) groups is 2. The highest BCUT2D eigenvalue weighted by Gasteiger charge is 2.30. The van der Waals surface area contributed by atoms with Gasteiger partial charge in [0.25, 0.3) is 0 Å². The van der Waals surface area contributed by atoms with Crippen LogP contribution in [0.1, 0.15) is 18.4 Å². The molecule has 0 bridgehead atoms. The number of piperazine rings is 1. The first kappa shape index (κ1) is 15.5. The highest BCUT2D eigenvalue weighted by molar-refractivity contribution is 5.88. The summed E-state index contributed by atoms with van der Waals surface area (Å²) in [4.78, 5) is 25.6. The van der Waals surface area contributed by atoms with Crippen molar-refractivity contribution >= 4 is 11.8 Å². The van der Waals surface area contributed by atoms with Crippen molar-refractivity contribution in [3.8, 4) is 0 Å². The summed E-state index contributed by atoms with van der Waals surface area (Å²) >= 11 is 0. The molecule has 114 valence electrons. The lowest BCUT2D eigenvalue weighted by atomic mass is 10.1. The highest BCUT2D eigenvalue weighted by atomic mass is 16.2. The van der Waals surface area contributed by atoms with Crippen molar-refractivity contribution in [1.82, 2.24) is 15.5 Å². The lowest BCUT2D eigenvalue weighted by molar-refractivity contribution is -0.133. The normalized spacial score (nSPS) is 19.1. The molecule has 0 radical (unpaired) electrons. The number of amides is 2. The van der Waals surface area contributed by atoms with Crippen molar-refractivity contribution in [1.29, 1.82) is 0 Å². The van der Waals surface area contributed by atoms with Gasteiger partial charge >= 0.3 is 0 Å². The molecular formula is C16H23N3O2. The number of carbonyl (C=O) groups excluding carboxylic acids is 2. The summed E-state index contributed by atoms with van der Waals surface area (Å²) in [6.07, 6.45) is 2.21. The summed E-state index contributed by atoms with van der Waals surface area (Å²) in [6.45, 7) is 2.31.